The zero-order valence-corrected chi connectivity index (χ0v) is 15.9. The average Bonchev–Trinajstić information content (AvgIpc) is 3.12. The molecular formula is C20H28O6. The van der Waals surface area contributed by atoms with E-state index in [2.05, 4.69) is 6.58 Å². The van der Waals surface area contributed by atoms with Gasteiger partial charge in [0.05, 0.1) is 17.6 Å². The fraction of sp³-hybridized carbons (Fsp3) is 0.700. The minimum absolute atomic E-state index is 0.0470. The smallest absolute Gasteiger partial charge is 0.334 e. The monoisotopic (exact) mass is 364 g/mol. The number of fused-ring (bicyclic) bond motifs is 2. The van der Waals surface area contributed by atoms with Crippen LogP contribution in [0.5, 0.6) is 0 Å². The van der Waals surface area contributed by atoms with Crippen molar-refractivity contribution in [2.45, 2.75) is 77.0 Å². The SMILES string of the molecule is C=C1C(=O)OC2C(O)C(C)CCCC3(C)OC3C(OC(=O)C=C(C)C)C12. The van der Waals surface area contributed by atoms with E-state index in [-0.39, 0.29) is 17.6 Å². The van der Waals surface area contributed by atoms with Crippen LogP contribution in [0.2, 0.25) is 0 Å². The van der Waals surface area contributed by atoms with Crippen LogP contribution in [0, 0.1) is 11.8 Å². The normalized spacial score (nSPS) is 42.2. The van der Waals surface area contributed by atoms with Crippen LogP contribution in [0.3, 0.4) is 0 Å². The molecule has 1 aliphatic carbocycles. The van der Waals surface area contributed by atoms with Crippen molar-refractivity contribution in [3.63, 3.8) is 0 Å². The summed E-state index contributed by atoms with van der Waals surface area (Å²) in [4.78, 5) is 24.5. The van der Waals surface area contributed by atoms with Crippen LogP contribution >= 0.6 is 0 Å². The maximum Gasteiger partial charge on any atom is 0.334 e. The number of rotatable bonds is 2. The van der Waals surface area contributed by atoms with Gasteiger partial charge in [0.2, 0.25) is 0 Å². The Labute approximate surface area is 154 Å². The Morgan fingerprint density at radius 3 is 2.77 bits per heavy atom. The maximum absolute atomic E-state index is 12.3. The third kappa shape index (κ3) is 3.45. The van der Waals surface area contributed by atoms with Crippen molar-refractivity contribution in [1.29, 1.82) is 0 Å². The topological polar surface area (TPSA) is 85.4 Å². The highest BCUT2D eigenvalue weighted by atomic mass is 16.6. The molecule has 6 nitrogen and oxygen atoms in total. The standard InChI is InChI=1S/C20H28O6/c1-10(2)9-13(21)24-17-14-12(4)19(23)25-16(14)15(22)11(3)7-6-8-20(5)18(17)26-20/h9,11,14-18,22H,4,6-8H2,1-3,5H3. The number of epoxide rings is 1. The van der Waals surface area contributed by atoms with Gasteiger partial charge in [-0.1, -0.05) is 25.5 Å². The maximum atomic E-state index is 12.3. The van der Waals surface area contributed by atoms with Gasteiger partial charge in [-0.2, -0.15) is 0 Å². The molecule has 7 atom stereocenters. The van der Waals surface area contributed by atoms with E-state index in [1.54, 1.807) is 0 Å². The van der Waals surface area contributed by atoms with E-state index in [4.69, 9.17) is 14.2 Å². The first-order valence-corrected chi connectivity index (χ1v) is 9.25. The number of hydrogen-bond acceptors (Lipinski definition) is 6. The minimum Gasteiger partial charge on any atom is -0.456 e. The third-order valence-corrected chi connectivity index (χ3v) is 5.77. The molecule has 0 aromatic carbocycles. The van der Waals surface area contributed by atoms with Gasteiger partial charge in [0.15, 0.2) is 0 Å². The fourth-order valence-electron chi connectivity index (χ4n) is 4.14. The summed E-state index contributed by atoms with van der Waals surface area (Å²) >= 11 is 0. The number of esters is 2. The Bertz CT molecular complexity index is 649. The lowest BCUT2D eigenvalue weighted by atomic mass is 9.78. The Hall–Kier alpha value is -1.66. The molecule has 2 saturated heterocycles. The molecule has 0 aromatic heterocycles. The number of aliphatic hydroxyl groups is 1. The zero-order chi connectivity index (χ0) is 19.2. The second-order valence-electron chi connectivity index (χ2n) is 8.26. The van der Waals surface area contributed by atoms with Crippen LogP contribution in [0.15, 0.2) is 23.8 Å². The molecule has 1 N–H and O–H groups in total. The number of allylic oxidation sites excluding steroid dienone is 1. The van der Waals surface area contributed by atoms with Crippen molar-refractivity contribution in [3.05, 3.63) is 23.8 Å². The van der Waals surface area contributed by atoms with Crippen LogP contribution in [0.4, 0.5) is 0 Å². The highest BCUT2D eigenvalue weighted by molar-refractivity contribution is 5.91. The number of carbonyl (C=O) groups is 2. The summed E-state index contributed by atoms with van der Waals surface area (Å²) in [5.74, 6) is -1.69. The molecule has 0 bridgehead atoms. The fourth-order valence-corrected chi connectivity index (χ4v) is 4.14. The third-order valence-electron chi connectivity index (χ3n) is 5.77. The molecule has 0 spiro atoms. The molecule has 3 rings (SSSR count). The molecule has 3 fully saturated rings. The van der Waals surface area contributed by atoms with Gasteiger partial charge in [0.25, 0.3) is 0 Å². The molecular weight excluding hydrogens is 336 g/mol. The lowest BCUT2D eigenvalue weighted by molar-refractivity contribution is -0.154. The average molecular weight is 364 g/mol. The van der Waals surface area contributed by atoms with Crippen molar-refractivity contribution in [2.24, 2.45) is 11.8 Å². The minimum atomic E-state index is -0.837. The van der Waals surface area contributed by atoms with Crippen LogP contribution in [0.1, 0.15) is 47.0 Å². The van der Waals surface area contributed by atoms with Crippen LogP contribution in [0.25, 0.3) is 0 Å². The molecule has 0 amide bonds. The van der Waals surface area contributed by atoms with E-state index < -0.39 is 41.8 Å². The van der Waals surface area contributed by atoms with Crippen molar-refractivity contribution < 1.29 is 28.9 Å². The van der Waals surface area contributed by atoms with Gasteiger partial charge in [0.1, 0.15) is 18.3 Å². The summed E-state index contributed by atoms with van der Waals surface area (Å²) in [6.45, 7) is 11.4. The first-order chi connectivity index (χ1) is 12.1. The molecule has 26 heavy (non-hydrogen) atoms. The number of carbonyl (C=O) groups excluding carboxylic acids is 2. The zero-order valence-electron chi connectivity index (χ0n) is 15.9. The van der Waals surface area contributed by atoms with Gasteiger partial charge in [0, 0.05) is 11.6 Å². The quantitative estimate of drug-likeness (QED) is 0.460. The highest BCUT2D eigenvalue weighted by Crippen LogP contribution is 2.50. The molecule has 0 aromatic rings. The highest BCUT2D eigenvalue weighted by Gasteiger charge is 2.63. The van der Waals surface area contributed by atoms with E-state index in [1.807, 2.05) is 27.7 Å². The molecule has 0 radical (unpaired) electrons. The Balaban J connectivity index is 1.96. The Morgan fingerprint density at radius 1 is 1.42 bits per heavy atom. The summed E-state index contributed by atoms with van der Waals surface area (Å²) in [6.07, 6.45) is 1.24. The summed E-state index contributed by atoms with van der Waals surface area (Å²) < 4.78 is 17.1. The summed E-state index contributed by atoms with van der Waals surface area (Å²) in [5, 5.41) is 10.8. The largest absolute Gasteiger partial charge is 0.456 e. The van der Waals surface area contributed by atoms with E-state index >= 15 is 0 Å². The molecule has 3 aliphatic rings. The Kier molecular flexibility index (Phi) is 5.01. The first kappa shape index (κ1) is 19.1. The second-order valence-corrected chi connectivity index (χ2v) is 8.26. The molecule has 144 valence electrons. The van der Waals surface area contributed by atoms with Gasteiger partial charge >= 0.3 is 11.9 Å². The number of hydrogen-bond donors (Lipinski definition) is 1. The first-order valence-electron chi connectivity index (χ1n) is 9.25. The predicted molar refractivity (Wildman–Crippen MR) is 94.1 cm³/mol. The van der Waals surface area contributed by atoms with Crippen molar-refractivity contribution >= 4 is 11.9 Å². The van der Waals surface area contributed by atoms with E-state index in [9.17, 15) is 14.7 Å². The lowest BCUT2D eigenvalue weighted by Crippen LogP contribution is -2.46. The van der Waals surface area contributed by atoms with Gasteiger partial charge in [-0.3, -0.25) is 0 Å². The number of ether oxygens (including phenoxy) is 3. The van der Waals surface area contributed by atoms with Gasteiger partial charge < -0.3 is 19.3 Å². The lowest BCUT2D eigenvalue weighted by Gasteiger charge is -2.32. The van der Waals surface area contributed by atoms with Crippen molar-refractivity contribution in [1.82, 2.24) is 0 Å². The van der Waals surface area contributed by atoms with E-state index in [0.29, 0.717) is 0 Å². The van der Waals surface area contributed by atoms with Gasteiger partial charge in [-0.15, -0.1) is 0 Å². The molecule has 6 heteroatoms. The second kappa shape index (κ2) is 6.82. The summed E-state index contributed by atoms with van der Waals surface area (Å²) in [7, 11) is 0. The molecule has 2 aliphatic heterocycles. The van der Waals surface area contributed by atoms with E-state index in [0.717, 1.165) is 24.8 Å². The molecule has 7 unspecified atom stereocenters. The molecule has 1 saturated carbocycles. The predicted octanol–water partition coefficient (Wildman–Crippen LogP) is 2.30. The Morgan fingerprint density at radius 2 is 2.12 bits per heavy atom. The van der Waals surface area contributed by atoms with Crippen LogP contribution in [-0.2, 0) is 23.8 Å². The summed E-state index contributed by atoms with van der Waals surface area (Å²) in [5.41, 5.74) is 0.654. The van der Waals surface area contributed by atoms with E-state index in [1.165, 1.54) is 6.08 Å². The van der Waals surface area contributed by atoms with Crippen LogP contribution < -0.4 is 0 Å². The number of aliphatic hydroxyl groups excluding tert-OH is 1. The van der Waals surface area contributed by atoms with Crippen LogP contribution in [-0.4, -0.2) is 47.1 Å². The molecule has 2 heterocycles. The summed E-state index contributed by atoms with van der Waals surface area (Å²) in [6, 6.07) is 0. The van der Waals surface area contributed by atoms with Crippen molar-refractivity contribution in [3.8, 4) is 0 Å². The van der Waals surface area contributed by atoms with Gasteiger partial charge in [-0.05, 0) is 39.5 Å². The van der Waals surface area contributed by atoms with Gasteiger partial charge in [-0.25, -0.2) is 9.59 Å². The van der Waals surface area contributed by atoms with Crippen molar-refractivity contribution in [2.75, 3.05) is 0 Å².